The highest BCUT2D eigenvalue weighted by Crippen LogP contribution is 2.35. The molecule has 0 spiro atoms. The number of aryl methyl sites for hydroxylation is 2. The van der Waals surface area contributed by atoms with Crippen molar-refractivity contribution in [2.75, 3.05) is 10.2 Å². The van der Waals surface area contributed by atoms with Crippen molar-refractivity contribution in [3.8, 4) is 0 Å². The van der Waals surface area contributed by atoms with Crippen LogP contribution in [0.25, 0.3) is 0 Å². The van der Waals surface area contributed by atoms with Crippen LogP contribution in [0.5, 0.6) is 0 Å². The maximum Gasteiger partial charge on any atom is 0.266 e. The zero-order chi connectivity index (χ0) is 20.7. The molecule has 1 heterocycles. The number of amides is 3. The summed E-state index contributed by atoms with van der Waals surface area (Å²) in [5.41, 5.74) is 3.87. The van der Waals surface area contributed by atoms with Gasteiger partial charge in [0, 0.05) is 11.3 Å². The number of fused-ring (bicyclic) bond motifs is 1. The molecule has 0 aromatic heterocycles. The Morgan fingerprint density at radius 2 is 1.55 bits per heavy atom. The highest BCUT2D eigenvalue weighted by molar-refractivity contribution is 6.40. The van der Waals surface area contributed by atoms with E-state index in [2.05, 4.69) is 5.32 Å². The van der Waals surface area contributed by atoms with Gasteiger partial charge in [0.1, 0.15) is 0 Å². The Labute approximate surface area is 172 Å². The Hall–Kier alpha value is -3.44. The smallest absolute Gasteiger partial charge is 0.266 e. The van der Waals surface area contributed by atoms with Crippen LogP contribution in [0.3, 0.4) is 0 Å². The summed E-state index contributed by atoms with van der Waals surface area (Å²) in [5, 5.41) is 3.01. The summed E-state index contributed by atoms with van der Waals surface area (Å²) >= 11 is 6.37. The molecule has 0 fully saturated rings. The summed E-state index contributed by atoms with van der Waals surface area (Å²) in [4.78, 5) is 39.0. The van der Waals surface area contributed by atoms with Gasteiger partial charge in [-0.05, 0) is 55.8 Å². The summed E-state index contributed by atoms with van der Waals surface area (Å²) in [6.45, 7) is 3.79. The number of nitrogens with zero attached hydrogens (tertiary/aromatic N) is 1. The number of halogens is 1. The number of carbonyl (C=O) groups excluding carboxylic acids is 3. The second-order valence-corrected chi connectivity index (χ2v) is 7.34. The molecule has 0 saturated heterocycles. The predicted molar refractivity (Wildman–Crippen MR) is 113 cm³/mol. The average Bonchev–Trinajstić information content (AvgIpc) is 2.95. The van der Waals surface area contributed by atoms with Crippen LogP contribution in [0.2, 0.25) is 5.02 Å². The second-order valence-electron chi connectivity index (χ2n) is 6.93. The Morgan fingerprint density at radius 3 is 2.17 bits per heavy atom. The highest BCUT2D eigenvalue weighted by Gasteiger charge is 2.37. The monoisotopic (exact) mass is 404 g/mol. The second kappa shape index (κ2) is 7.18. The fraction of sp³-hybridized carbons (Fsp3) is 0.0870. The number of carbonyl (C=O) groups is 3. The standard InChI is InChI=1S/C23H17ClN2O3/c1-13-7-8-14(2)18(11-13)21(27)25-15-9-10-20(19(24)12-15)26-22(28)16-5-3-4-6-17(16)23(26)29/h3-12H,1-2H3,(H,25,27). The summed E-state index contributed by atoms with van der Waals surface area (Å²) in [6.07, 6.45) is 0. The first-order valence-corrected chi connectivity index (χ1v) is 9.40. The van der Waals surface area contributed by atoms with Crippen LogP contribution in [-0.2, 0) is 0 Å². The molecule has 1 N–H and O–H groups in total. The van der Waals surface area contributed by atoms with Gasteiger partial charge in [0.25, 0.3) is 17.7 Å². The molecule has 1 aliphatic heterocycles. The first kappa shape index (κ1) is 18.9. The van der Waals surface area contributed by atoms with Gasteiger partial charge in [-0.3, -0.25) is 14.4 Å². The molecule has 4 rings (SSSR count). The molecular formula is C23H17ClN2O3. The van der Waals surface area contributed by atoms with Gasteiger partial charge in [-0.25, -0.2) is 4.90 Å². The van der Waals surface area contributed by atoms with Crippen molar-refractivity contribution in [2.45, 2.75) is 13.8 Å². The Bertz CT molecular complexity index is 1150. The van der Waals surface area contributed by atoms with Gasteiger partial charge in [0.05, 0.1) is 21.8 Å². The third-order valence-electron chi connectivity index (χ3n) is 4.88. The fourth-order valence-electron chi connectivity index (χ4n) is 3.35. The minimum atomic E-state index is -0.417. The van der Waals surface area contributed by atoms with E-state index >= 15 is 0 Å². The van der Waals surface area contributed by atoms with Crippen molar-refractivity contribution >= 4 is 40.7 Å². The number of rotatable bonds is 3. The molecule has 144 valence electrons. The van der Waals surface area contributed by atoms with Crippen molar-refractivity contribution in [1.82, 2.24) is 0 Å². The summed E-state index contributed by atoms with van der Waals surface area (Å²) in [5.74, 6) is -1.09. The van der Waals surface area contributed by atoms with Gasteiger partial charge in [-0.15, -0.1) is 0 Å². The zero-order valence-electron chi connectivity index (χ0n) is 15.8. The van der Waals surface area contributed by atoms with E-state index in [1.807, 2.05) is 32.0 Å². The van der Waals surface area contributed by atoms with Gasteiger partial charge >= 0.3 is 0 Å². The lowest BCUT2D eigenvalue weighted by molar-refractivity contribution is 0.0924. The normalized spacial score (nSPS) is 12.9. The van der Waals surface area contributed by atoms with E-state index in [1.54, 1.807) is 36.4 Å². The van der Waals surface area contributed by atoms with Crippen LogP contribution >= 0.6 is 11.6 Å². The third-order valence-corrected chi connectivity index (χ3v) is 5.18. The minimum absolute atomic E-state index is 0.193. The molecule has 0 aliphatic carbocycles. The van der Waals surface area contributed by atoms with E-state index < -0.39 is 11.8 Å². The molecule has 6 heteroatoms. The van der Waals surface area contributed by atoms with Gasteiger partial charge < -0.3 is 5.32 Å². The quantitative estimate of drug-likeness (QED) is 0.624. The lowest BCUT2D eigenvalue weighted by Crippen LogP contribution is -2.29. The van der Waals surface area contributed by atoms with E-state index in [0.29, 0.717) is 22.4 Å². The van der Waals surface area contributed by atoms with E-state index in [-0.39, 0.29) is 16.6 Å². The van der Waals surface area contributed by atoms with E-state index in [0.717, 1.165) is 16.0 Å². The zero-order valence-corrected chi connectivity index (χ0v) is 16.6. The van der Waals surface area contributed by atoms with E-state index in [4.69, 9.17) is 11.6 Å². The van der Waals surface area contributed by atoms with Crippen LogP contribution in [0.4, 0.5) is 11.4 Å². The lowest BCUT2D eigenvalue weighted by Gasteiger charge is -2.17. The maximum absolute atomic E-state index is 12.7. The lowest BCUT2D eigenvalue weighted by atomic mass is 10.0. The number of benzene rings is 3. The van der Waals surface area contributed by atoms with Crippen LogP contribution in [0, 0.1) is 13.8 Å². The van der Waals surface area contributed by atoms with Gasteiger partial charge in [0.15, 0.2) is 0 Å². The average molecular weight is 405 g/mol. The van der Waals surface area contributed by atoms with E-state index in [9.17, 15) is 14.4 Å². The largest absolute Gasteiger partial charge is 0.322 e. The van der Waals surface area contributed by atoms with Crippen molar-refractivity contribution in [1.29, 1.82) is 0 Å². The molecule has 0 bridgehead atoms. The Morgan fingerprint density at radius 1 is 0.897 bits per heavy atom. The molecule has 0 saturated carbocycles. The summed E-state index contributed by atoms with van der Waals surface area (Å²) in [6, 6.07) is 17.0. The van der Waals surface area contributed by atoms with Crippen LogP contribution in [0.15, 0.2) is 60.7 Å². The number of nitrogens with one attached hydrogen (secondary N) is 1. The Balaban J connectivity index is 1.61. The highest BCUT2D eigenvalue weighted by atomic mass is 35.5. The van der Waals surface area contributed by atoms with Gasteiger partial charge in [-0.1, -0.05) is 41.4 Å². The molecule has 0 radical (unpaired) electrons. The van der Waals surface area contributed by atoms with Gasteiger partial charge in [-0.2, -0.15) is 0 Å². The Kier molecular flexibility index (Phi) is 4.68. The minimum Gasteiger partial charge on any atom is -0.322 e. The number of hydrogen-bond donors (Lipinski definition) is 1. The van der Waals surface area contributed by atoms with E-state index in [1.165, 1.54) is 6.07 Å². The van der Waals surface area contributed by atoms with Crippen molar-refractivity contribution in [3.63, 3.8) is 0 Å². The molecular weight excluding hydrogens is 388 g/mol. The number of hydrogen-bond acceptors (Lipinski definition) is 3. The van der Waals surface area contributed by atoms with Crippen molar-refractivity contribution in [3.05, 3.63) is 93.5 Å². The topological polar surface area (TPSA) is 66.5 Å². The molecule has 3 aromatic carbocycles. The molecule has 0 unspecified atom stereocenters. The maximum atomic E-state index is 12.7. The third kappa shape index (κ3) is 3.30. The number of anilines is 2. The molecule has 3 aromatic rings. The summed E-state index contributed by atoms with van der Waals surface area (Å²) in [7, 11) is 0. The van der Waals surface area contributed by atoms with Crippen molar-refractivity contribution in [2.24, 2.45) is 0 Å². The van der Waals surface area contributed by atoms with Gasteiger partial charge in [0.2, 0.25) is 0 Å². The molecule has 5 nitrogen and oxygen atoms in total. The fourth-order valence-corrected chi connectivity index (χ4v) is 3.62. The molecule has 29 heavy (non-hydrogen) atoms. The molecule has 1 aliphatic rings. The molecule has 3 amide bonds. The first-order valence-electron chi connectivity index (χ1n) is 9.03. The van der Waals surface area contributed by atoms with Crippen LogP contribution in [-0.4, -0.2) is 17.7 Å². The van der Waals surface area contributed by atoms with Crippen LogP contribution in [0.1, 0.15) is 42.2 Å². The SMILES string of the molecule is Cc1ccc(C)c(C(=O)Nc2ccc(N3C(=O)c4ccccc4C3=O)c(Cl)c2)c1. The van der Waals surface area contributed by atoms with Crippen LogP contribution < -0.4 is 10.2 Å². The molecule has 0 atom stereocenters. The number of imide groups is 1. The van der Waals surface area contributed by atoms with Crippen molar-refractivity contribution < 1.29 is 14.4 Å². The first-order chi connectivity index (χ1) is 13.9. The predicted octanol–water partition coefficient (Wildman–Crippen LogP) is 5.01. The summed E-state index contributed by atoms with van der Waals surface area (Å²) < 4.78 is 0.